The number of hydrogen-bond donors (Lipinski definition) is 1. The summed E-state index contributed by atoms with van der Waals surface area (Å²) in [6.45, 7) is 2.16. The van der Waals surface area contributed by atoms with E-state index in [9.17, 15) is 0 Å². The molecule has 0 spiro atoms. The van der Waals surface area contributed by atoms with Crippen molar-refractivity contribution in [3.05, 3.63) is 114 Å². The van der Waals surface area contributed by atoms with Gasteiger partial charge in [0.05, 0.1) is 11.4 Å². The molecule has 0 radical (unpaired) electrons. The molecule has 0 bridgehead atoms. The highest BCUT2D eigenvalue weighted by Crippen LogP contribution is 2.45. The Bertz CT molecular complexity index is 1100. The fourth-order valence-corrected chi connectivity index (χ4v) is 4.01. The van der Waals surface area contributed by atoms with Gasteiger partial charge >= 0.3 is 0 Å². The molecule has 1 unspecified atom stereocenters. The Balaban J connectivity index is 1.54. The minimum atomic E-state index is 0.0747. The molecule has 28 heavy (non-hydrogen) atoms. The predicted molar refractivity (Wildman–Crippen MR) is 118 cm³/mol. The third kappa shape index (κ3) is 2.84. The van der Waals surface area contributed by atoms with Gasteiger partial charge in [-0.3, -0.25) is 0 Å². The lowest BCUT2D eigenvalue weighted by Crippen LogP contribution is -2.23. The first-order valence-corrected chi connectivity index (χ1v) is 9.67. The molecule has 0 fully saturated rings. The van der Waals surface area contributed by atoms with Crippen LogP contribution in [0.2, 0.25) is 0 Å². The molecule has 1 aliphatic heterocycles. The number of para-hydroxylation sites is 3. The second-order valence-corrected chi connectivity index (χ2v) is 7.21. The minimum Gasteiger partial charge on any atom is -0.359 e. The van der Waals surface area contributed by atoms with Gasteiger partial charge in [-0.1, -0.05) is 78.9 Å². The van der Waals surface area contributed by atoms with Crippen molar-refractivity contribution in [1.82, 2.24) is 0 Å². The molecular weight excluding hydrogens is 340 g/mol. The van der Waals surface area contributed by atoms with Crippen LogP contribution < -0.4 is 10.2 Å². The smallest absolute Gasteiger partial charge is 0.130 e. The van der Waals surface area contributed by atoms with E-state index in [1.165, 1.54) is 39.3 Å². The van der Waals surface area contributed by atoms with Crippen molar-refractivity contribution in [2.24, 2.45) is 0 Å². The van der Waals surface area contributed by atoms with Crippen molar-refractivity contribution in [2.45, 2.75) is 13.1 Å². The molecule has 5 rings (SSSR count). The molecule has 0 saturated heterocycles. The summed E-state index contributed by atoms with van der Waals surface area (Å²) in [5.41, 5.74) is 8.65. The molecule has 4 aromatic rings. The van der Waals surface area contributed by atoms with Crippen molar-refractivity contribution in [3.8, 4) is 11.1 Å². The summed E-state index contributed by atoms with van der Waals surface area (Å²) in [5, 5.41) is 3.70. The highest BCUT2D eigenvalue weighted by molar-refractivity contribution is 5.83. The van der Waals surface area contributed by atoms with E-state index in [-0.39, 0.29) is 6.17 Å². The van der Waals surface area contributed by atoms with Crippen LogP contribution in [0, 0.1) is 6.92 Å². The SMILES string of the molecule is Cc1ccccc1-c1ccc(C2Nc3ccccc3N2c2ccccc2)cc1. The Morgan fingerprint density at radius 1 is 0.679 bits per heavy atom. The van der Waals surface area contributed by atoms with Crippen LogP contribution in [0.1, 0.15) is 17.3 Å². The molecule has 1 N–H and O–H groups in total. The van der Waals surface area contributed by atoms with E-state index < -0.39 is 0 Å². The number of fused-ring (bicyclic) bond motifs is 1. The first-order valence-electron chi connectivity index (χ1n) is 9.67. The molecule has 0 amide bonds. The quantitative estimate of drug-likeness (QED) is 0.425. The number of nitrogens with one attached hydrogen (secondary N) is 1. The molecule has 0 aliphatic carbocycles. The molecule has 2 heteroatoms. The lowest BCUT2D eigenvalue weighted by molar-refractivity contribution is 0.828. The first-order chi connectivity index (χ1) is 13.8. The second kappa shape index (κ2) is 6.90. The van der Waals surface area contributed by atoms with E-state index >= 15 is 0 Å². The van der Waals surface area contributed by atoms with E-state index in [4.69, 9.17) is 0 Å². The monoisotopic (exact) mass is 362 g/mol. The topological polar surface area (TPSA) is 15.3 Å². The fraction of sp³-hybridized carbons (Fsp3) is 0.0769. The van der Waals surface area contributed by atoms with E-state index in [0.29, 0.717) is 0 Å². The summed E-state index contributed by atoms with van der Waals surface area (Å²) >= 11 is 0. The molecule has 4 aromatic carbocycles. The number of nitrogens with zero attached hydrogens (tertiary/aromatic N) is 1. The van der Waals surface area contributed by atoms with Gasteiger partial charge in [-0.25, -0.2) is 0 Å². The van der Waals surface area contributed by atoms with Crippen LogP contribution >= 0.6 is 0 Å². The van der Waals surface area contributed by atoms with Crippen LogP contribution in [-0.4, -0.2) is 0 Å². The number of benzene rings is 4. The molecule has 1 heterocycles. The molecule has 2 nitrogen and oxygen atoms in total. The minimum absolute atomic E-state index is 0.0747. The zero-order valence-electron chi connectivity index (χ0n) is 15.8. The van der Waals surface area contributed by atoms with Crippen LogP contribution in [0.3, 0.4) is 0 Å². The maximum atomic E-state index is 3.70. The molecule has 0 saturated carbocycles. The van der Waals surface area contributed by atoms with Gasteiger partial charge in [0.15, 0.2) is 0 Å². The van der Waals surface area contributed by atoms with Crippen LogP contribution in [-0.2, 0) is 0 Å². The molecule has 136 valence electrons. The van der Waals surface area contributed by atoms with E-state index in [1.807, 2.05) is 0 Å². The van der Waals surface area contributed by atoms with Crippen molar-refractivity contribution in [1.29, 1.82) is 0 Å². The highest BCUT2D eigenvalue weighted by Gasteiger charge is 2.30. The molecule has 1 aliphatic rings. The van der Waals surface area contributed by atoms with E-state index in [0.717, 1.165) is 0 Å². The normalized spacial score (nSPS) is 15.2. The highest BCUT2D eigenvalue weighted by atomic mass is 15.3. The van der Waals surface area contributed by atoms with Gasteiger partial charge in [0, 0.05) is 5.69 Å². The van der Waals surface area contributed by atoms with Gasteiger partial charge in [-0.2, -0.15) is 0 Å². The summed E-state index contributed by atoms with van der Waals surface area (Å²) in [5.74, 6) is 0. The number of anilines is 3. The maximum absolute atomic E-state index is 3.70. The van der Waals surface area contributed by atoms with Crippen LogP contribution in [0.25, 0.3) is 11.1 Å². The summed E-state index contributed by atoms with van der Waals surface area (Å²) in [4.78, 5) is 2.37. The Morgan fingerprint density at radius 3 is 2.14 bits per heavy atom. The molecule has 1 atom stereocenters. The Morgan fingerprint density at radius 2 is 1.36 bits per heavy atom. The average Bonchev–Trinajstić information content (AvgIpc) is 3.14. The Hall–Kier alpha value is -3.52. The lowest BCUT2D eigenvalue weighted by Gasteiger charge is -2.27. The van der Waals surface area contributed by atoms with Gasteiger partial charge in [-0.05, 0) is 53.4 Å². The largest absolute Gasteiger partial charge is 0.359 e. The maximum Gasteiger partial charge on any atom is 0.130 e. The summed E-state index contributed by atoms with van der Waals surface area (Å²) in [6, 6.07) is 36.5. The zero-order valence-corrected chi connectivity index (χ0v) is 15.8. The standard InChI is InChI=1S/C26H22N2/c1-19-9-5-6-12-23(19)20-15-17-21(18-16-20)26-27-24-13-7-8-14-25(24)28(26)22-10-3-2-4-11-22/h2-18,26-27H,1H3. The van der Waals surface area contributed by atoms with Crippen molar-refractivity contribution in [2.75, 3.05) is 10.2 Å². The van der Waals surface area contributed by atoms with Crippen LogP contribution in [0.4, 0.5) is 17.1 Å². The lowest BCUT2D eigenvalue weighted by atomic mass is 9.99. The third-order valence-electron chi connectivity index (χ3n) is 5.43. The van der Waals surface area contributed by atoms with Crippen molar-refractivity contribution >= 4 is 17.1 Å². The third-order valence-corrected chi connectivity index (χ3v) is 5.43. The average molecular weight is 362 g/mol. The summed E-state index contributed by atoms with van der Waals surface area (Å²) in [6.07, 6.45) is 0.0747. The predicted octanol–water partition coefficient (Wildman–Crippen LogP) is 6.92. The Kier molecular flexibility index (Phi) is 4.10. The zero-order chi connectivity index (χ0) is 18.9. The van der Waals surface area contributed by atoms with Gasteiger partial charge in [0.1, 0.15) is 6.17 Å². The van der Waals surface area contributed by atoms with E-state index in [1.54, 1.807) is 0 Å². The van der Waals surface area contributed by atoms with Gasteiger partial charge in [0.25, 0.3) is 0 Å². The van der Waals surface area contributed by atoms with Crippen molar-refractivity contribution in [3.63, 3.8) is 0 Å². The summed E-state index contributed by atoms with van der Waals surface area (Å²) in [7, 11) is 0. The van der Waals surface area contributed by atoms with Gasteiger partial charge in [-0.15, -0.1) is 0 Å². The van der Waals surface area contributed by atoms with E-state index in [2.05, 4.69) is 120 Å². The van der Waals surface area contributed by atoms with Gasteiger partial charge in [0.2, 0.25) is 0 Å². The molecule has 0 aromatic heterocycles. The first kappa shape index (κ1) is 16.6. The second-order valence-electron chi connectivity index (χ2n) is 7.21. The number of rotatable bonds is 3. The summed E-state index contributed by atoms with van der Waals surface area (Å²) < 4.78 is 0. The fourth-order valence-electron chi connectivity index (χ4n) is 4.01. The Labute approximate surface area is 166 Å². The van der Waals surface area contributed by atoms with Crippen LogP contribution in [0.15, 0.2) is 103 Å². The van der Waals surface area contributed by atoms with Gasteiger partial charge < -0.3 is 10.2 Å². The van der Waals surface area contributed by atoms with Crippen LogP contribution in [0.5, 0.6) is 0 Å². The molecular formula is C26H22N2. The number of hydrogen-bond acceptors (Lipinski definition) is 2. The number of aryl methyl sites for hydroxylation is 1. The van der Waals surface area contributed by atoms with Crippen molar-refractivity contribution < 1.29 is 0 Å².